The van der Waals surface area contributed by atoms with E-state index < -0.39 is 5.97 Å². The van der Waals surface area contributed by atoms with Crippen LogP contribution in [0.25, 0.3) is 0 Å². The monoisotopic (exact) mass is 432 g/mol. The summed E-state index contributed by atoms with van der Waals surface area (Å²) in [5.74, 6) is 0.106. The predicted octanol–water partition coefficient (Wildman–Crippen LogP) is 4.12. The van der Waals surface area contributed by atoms with Gasteiger partial charge in [-0.15, -0.1) is 0 Å². The Balaban J connectivity index is 0.000000277. The maximum atomic E-state index is 10.5. The fourth-order valence-corrected chi connectivity index (χ4v) is 2.55. The zero-order valence-electron chi connectivity index (χ0n) is 15.4. The number of carboxylic acid groups (broad SMARTS) is 1. The summed E-state index contributed by atoms with van der Waals surface area (Å²) in [6.45, 7) is 6.92. The molecule has 0 atom stereocenters. The number of carbonyl (C=O) groups is 1. The van der Waals surface area contributed by atoms with E-state index in [1.807, 2.05) is 13.2 Å². The van der Waals surface area contributed by atoms with Crippen molar-refractivity contribution >= 4 is 58.5 Å². The first-order chi connectivity index (χ1) is 12.7. The number of nitrogens with zero attached hydrogens (tertiary/aromatic N) is 3. The second-order valence-electron chi connectivity index (χ2n) is 5.46. The number of rotatable bonds is 6. The van der Waals surface area contributed by atoms with E-state index >= 15 is 0 Å². The van der Waals surface area contributed by atoms with Crippen molar-refractivity contribution in [2.45, 2.75) is 32.0 Å². The normalized spacial score (nSPS) is 10.2. The second-order valence-corrected chi connectivity index (χ2v) is 7.05. The van der Waals surface area contributed by atoms with E-state index in [1.54, 1.807) is 0 Å². The van der Waals surface area contributed by atoms with Crippen LogP contribution in [0.4, 0.5) is 17.6 Å². The molecule has 0 bridgehead atoms. The van der Waals surface area contributed by atoms with Gasteiger partial charge in [0.15, 0.2) is 5.16 Å². The molecule has 2 aromatic rings. The molecule has 0 aliphatic carbocycles. The SMILES string of the molecule is CCNc1nc(NC(C)C)nc(SC)n1.Nc1cc(Cl)cc(C(=O)O)c1Cl. The lowest BCUT2D eigenvalue weighted by Crippen LogP contribution is -2.15. The standard InChI is InChI=1S/C9H17N5S.C7H5Cl2NO2/c1-5-10-7-12-8(11-6(2)3)14-9(13-7)15-4;8-3-1-4(7(11)12)6(9)5(10)2-3/h6H,5H2,1-4H3,(H2,10,11,12,13,14);1-2H,10H2,(H,11,12). The van der Waals surface area contributed by atoms with E-state index in [9.17, 15) is 4.79 Å². The summed E-state index contributed by atoms with van der Waals surface area (Å²) in [5, 5.41) is 15.9. The average molecular weight is 433 g/mol. The molecule has 0 aliphatic heterocycles. The predicted molar refractivity (Wildman–Crippen MR) is 112 cm³/mol. The molecule has 1 aromatic carbocycles. The first-order valence-electron chi connectivity index (χ1n) is 7.96. The van der Waals surface area contributed by atoms with Crippen LogP contribution in [-0.4, -0.2) is 44.9 Å². The van der Waals surface area contributed by atoms with Gasteiger partial charge in [-0.2, -0.15) is 15.0 Å². The lowest BCUT2D eigenvalue weighted by Gasteiger charge is -2.10. The summed E-state index contributed by atoms with van der Waals surface area (Å²) in [6.07, 6.45) is 1.95. The number of nitrogens with one attached hydrogen (secondary N) is 2. The Hall–Kier alpha value is -1.97. The molecule has 0 unspecified atom stereocenters. The van der Waals surface area contributed by atoms with Gasteiger partial charge < -0.3 is 21.5 Å². The smallest absolute Gasteiger partial charge is 0.337 e. The Bertz CT molecular complexity index is 792. The zero-order valence-corrected chi connectivity index (χ0v) is 17.7. The minimum atomic E-state index is -1.14. The van der Waals surface area contributed by atoms with Gasteiger partial charge in [-0.05, 0) is 39.2 Å². The number of hydrogen-bond donors (Lipinski definition) is 4. The molecule has 0 spiro atoms. The van der Waals surface area contributed by atoms with Crippen LogP contribution in [0.3, 0.4) is 0 Å². The Kier molecular flexibility index (Phi) is 9.40. The summed E-state index contributed by atoms with van der Waals surface area (Å²) in [4.78, 5) is 23.3. The highest BCUT2D eigenvalue weighted by atomic mass is 35.5. The highest BCUT2D eigenvalue weighted by Gasteiger charge is 2.12. The molecule has 0 saturated heterocycles. The topological polar surface area (TPSA) is 126 Å². The summed E-state index contributed by atoms with van der Waals surface area (Å²) < 4.78 is 0. The van der Waals surface area contributed by atoms with Crippen molar-refractivity contribution in [1.82, 2.24) is 15.0 Å². The third-order valence-corrected chi connectivity index (χ3v) is 4.03. The number of nitrogens with two attached hydrogens (primary N) is 1. The molecule has 0 radical (unpaired) electrons. The van der Waals surface area contributed by atoms with Gasteiger partial charge in [0, 0.05) is 17.6 Å². The number of aromatic carboxylic acids is 1. The van der Waals surface area contributed by atoms with Crippen molar-refractivity contribution in [3.05, 3.63) is 27.7 Å². The first kappa shape index (κ1) is 23.1. The van der Waals surface area contributed by atoms with Crippen LogP contribution in [-0.2, 0) is 0 Å². The van der Waals surface area contributed by atoms with Crippen LogP contribution in [0, 0.1) is 0 Å². The minimum absolute atomic E-state index is 0.0203. The molecule has 5 N–H and O–H groups in total. The summed E-state index contributed by atoms with van der Waals surface area (Å²) in [5.41, 5.74) is 5.47. The largest absolute Gasteiger partial charge is 0.478 e. The van der Waals surface area contributed by atoms with Crippen LogP contribution in [0.15, 0.2) is 17.3 Å². The van der Waals surface area contributed by atoms with Crippen molar-refractivity contribution in [2.24, 2.45) is 0 Å². The van der Waals surface area contributed by atoms with E-state index in [0.29, 0.717) is 17.9 Å². The van der Waals surface area contributed by atoms with Gasteiger partial charge >= 0.3 is 5.97 Å². The van der Waals surface area contributed by atoms with E-state index in [1.165, 1.54) is 23.9 Å². The van der Waals surface area contributed by atoms with E-state index in [2.05, 4.69) is 39.4 Å². The third kappa shape index (κ3) is 7.66. The van der Waals surface area contributed by atoms with Gasteiger partial charge in [0.2, 0.25) is 11.9 Å². The van der Waals surface area contributed by atoms with E-state index in [-0.39, 0.29) is 21.3 Å². The number of benzene rings is 1. The quantitative estimate of drug-likeness (QED) is 0.393. The maximum absolute atomic E-state index is 10.5. The van der Waals surface area contributed by atoms with Crippen LogP contribution in [0.5, 0.6) is 0 Å². The Morgan fingerprint density at radius 3 is 2.41 bits per heavy atom. The highest BCUT2D eigenvalue weighted by Crippen LogP contribution is 2.27. The molecule has 2 rings (SSSR count). The summed E-state index contributed by atoms with van der Waals surface area (Å²) >= 11 is 12.7. The van der Waals surface area contributed by atoms with Crippen molar-refractivity contribution in [3.63, 3.8) is 0 Å². The van der Waals surface area contributed by atoms with Gasteiger partial charge in [-0.1, -0.05) is 35.0 Å². The summed E-state index contributed by atoms with van der Waals surface area (Å²) in [7, 11) is 0. The van der Waals surface area contributed by atoms with Crippen molar-refractivity contribution in [3.8, 4) is 0 Å². The lowest BCUT2D eigenvalue weighted by molar-refractivity contribution is 0.0697. The molecule has 1 aromatic heterocycles. The molecular weight excluding hydrogens is 411 g/mol. The number of nitrogen functional groups attached to an aromatic ring is 1. The number of hydrogen-bond acceptors (Lipinski definition) is 8. The molecule has 0 aliphatic rings. The Morgan fingerprint density at radius 1 is 1.26 bits per heavy atom. The second kappa shape index (κ2) is 11.0. The lowest BCUT2D eigenvalue weighted by atomic mass is 10.2. The van der Waals surface area contributed by atoms with Gasteiger partial charge in [-0.25, -0.2) is 4.79 Å². The number of halogens is 2. The molecule has 0 fully saturated rings. The number of carboxylic acids is 1. The van der Waals surface area contributed by atoms with Crippen molar-refractivity contribution in [2.75, 3.05) is 29.2 Å². The van der Waals surface area contributed by atoms with Gasteiger partial charge in [0.1, 0.15) is 0 Å². The molecule has 0 saturated carbocycles. The fraction of sp³-hybridized carbons (Fsp3) is 0.375. The van der Waals surface area contributed by atoms with Crippen LogP contribution in [0.1, 0.15) is 31.1 Å². The minimum Gasteiger partial charge on any atom is -0.478 e. The Labute approximate surface area is 172 Å². The number of anilines is 3. The van der Waals surface area contributed by atoms with Gasteiger partial charge in [-0.3, -0.25) is 0 Å². The molecule has 0 amide bonds. The van der Waals surface area contributed by atoms with Crippen molar-refractivity contribution in [1.29, 1.82) is 0 Å². The zero-order chi connectivity index (χ0) is 20.6. The molecule has 27 heavy (non-hydrogen) atoms. The first-order valence-corrected chi connectivity index (χ1v) is 9.94. The van der Waals surface area contributed by atoms with E-state index in [0.717, 1.165) is 11.7 Å². The van der Waals surface area contributed by atoms with Crippen LogP contribution >= 0.6 is 35.0 Å². The number of aromatic nitrogens is 3. The van der Waals surface area contributed by atoms with Crippen molar-refractivity contribution < 1.29 is 9.90 Å². The van der Waals surface area contributed by atoms with Gasteiger partial charge in [0.05, 0.1) is 16.3 Å². The highest BCUT2D eigenvalue weighted by molar-refractivity contribution is 7.98. The van der Waals surface area contributed by atoms with Crippen LogP contribution < -0.4 is 16.4 Å². The van der Waals surface area contributed by atoms with E-state index in [4.69, 9.17) is 34.0 Å². The molecule has 148 valence electrons. The number of thioether (sulfide) groups is 1. The third-order valence-electron chi connectivity index (χ3n) is 2.85. The molecule has 1 heterocycles. The summed E-state index contributed by atoms with van der Waals surface area (Å²) in [6, 6.07) is 2.97. The molecular formula is C16H22Cl2N6O2S. The van der Waals surface area contributed by atoms with Crippen LogP contribution in [0.2, 0.25) is 10.0 Å². The Morgan fingerprint density at radius 2 is 1.89 bits per heavy atom. The fourth-order valence-electron chi connectivity index (χ4n) is 1.77. The average Bonchev–Trinajstić information content (AvgIpc) is 2.58. The molecule has 8 nitrogen and oxygen atoms in total. The molecule has 11 heteroatoms. The van der Waals surface area contributed by atoms with Gasteiger partial charge in [0.25, 0.3) is 0 Å². The maximum Gasteiger partial charge on any atom is 0.337 e.